The van der Waals surface area contributed by atoms with Gasteiger partial charge in [0.25, 0.3) is 0 Å². The predicted octanol–water partition coefficient (Wildman–Crippen LogP) is 3.53. The average Bonchev–Trinajstić information content (AvgIpc) is 2.69. The Labute approximate surface area is 108 Å². The molecule has 0 saturated heterocycles. The van der Waals surface area contributed by atoms with Gasteiger partial charge in [-0.25, -0.2) is 4.39 Å². The second-order valence-electron chi connectivity index (χ2n) is 4.92. The van der Waals surface area contributed by atoms with E-state index in [1.807, 2.05) is 6.07 Å². The van der Waals surface area contributed by atoms with E-state index in [1.54, 1.807) is 12.1 Å². The number of rotatable bonds is 5. The van der Waals surface area contributed by atoms with Gasteiger partial charge in [-0.2, -0.15) is 12.6 Å². The Morgan fingerprint density at radius 3 is 3.00 bits per heavy atom. The molecule has 17 heavy (non-hydrogen) atoms. The molecule has 0 bridgehead atoms. The molecule has 0 saturated carbocycles. The van der Waals surface area contributed by atoms with Crippen LogP contribution in [0.4, 0.5) is 10.1 Å². The van der Waals surface area contributed by atoms with Crippen molar-refractivity contribution in [3.05, 3.63) is 29.6 Å². The first kappa shape index (κ1) is 12.7. The molecule has 1 unspecified atom stereocenters. The van der Waals surface area contributed by atoms with Crippen molar-refractivity contribution in [3.63, 3.8) is 0 Å². The first-order valence-corrected chi connectivity index (χ1v) is 6.98. The second-order valence-corrected chi connectivity index (χ2v) is 5.36. The Kier molecular flexibility index (Phi) is 4.32. The van der Waals surface area contributed by atoms with Crippen LogP contribution in [-0.4, -0.2) is 18.8 Å². The SMILES string of the molecule is CC(CCS)CCN1CCc2ccc(F)cc21. The smallest absolute Gasteiger partial charge is 0.125 e. The molecule has 0 fully saturated rings. The Morgan fingerprint density at radius 1 is 1.41 bits per heavy atom. The number of thiol groups is 1. The van der Waals surface area contributed by atoms with Crippen molar-refractivity contribution in [2.45, 2.75) is 26.2 Å². The minimum absolute atomic E-state index is 0.126. The normalized spacial score (nSPS) is 16.1. The van der Waals surface area contributed by atoms with Gasteiger partial charge >= 0.3 is 0 Å². The molecule has 1 aliphatic heterocycles. The molecule has 3 heteroatoms. The molecular formula is C14H20FNS. The maximum absolute atomic E-state index is 13.2. The molecule has 1 aromatic carbocycles. The molecule has 1 aliphatic rings. The quantitative estimate of drug-likeness (QED) is 0.786. The van der Waals surface area contributed by atoms with Crippen molar-refractivity contribution in [2.24, 2.45) is 5.92 Å². The van der Waals surface area contributed by atoms with Crippen LogP contribution in [0, 0.1) is 11.7 Å². The average molecular weight is 253 g/mol. The zero-order chi connectivity index (χ0) is 12.3. The van der Waals surface area contributed by atoms with E-state index in [-0.39, 0.29) is 5.82 Å². The fraction of sp³-hybridized carbons (Fsp3) is 0.571. The Balaban J connectivity index is 1.95. The van der Waals surface area contributed by atoms with E-state index < -0.39 is 0 Å². The number of benzene rings is 1. The summed E-state index contributed by atoms with van der Waals surface area (Å²) in [5.41, 5.74) is 2.39. The summed E-state index contributed by atoms with van der Waals surface area (Å²) in [4.78, 5) is 2.31. The van der Waals surface area contributed by atoms with Gasteiger partial charge in [-0.1, -0.05) is 13.0 Å². The van der Waals surface area contributed by atoms with Gasteiger partial charge in [0, 0.05) is 18.8 Å². The number of nitrogens with zero attached hydrogens (tertiary/aromatic N) is 1. The van der Waals surface area contributed by atoms with Crippen LogP contribution in [-0.2, 0) is 6.42 Å². The van der Waals surface area contributed by atoms with Crippen LogP contribution in [0.25, 0.3) is 0 Å². The number of hydrogen-bond acceptors (Lipinski definition) is 2. The molecule has 1 heterocycles. The van der Waals surface area contributed by atoms with E-state index in [0.717, 1.165) is 43.8 Å². The molecule has 0 aliphatic carbocycles. The molecular weight excluding hydrogens is 233 g/mol. The Hall–Kier alpha value is -0.700. The van der Waals surface area contributed by atoms with Gasteiger partial charge in [0.2, 0.25) is 0 Å². The first-order valence-electron chi connectivity index (χ1n) is 6.35. The van der Waals surface area contributed by atoms with Gasteiger partial charge in [0.05, 0.1) is 0 Å². The summed E-state index contributed by atoms with van der Waals surface area (Å²) in [5.74, 6) is 1.52. The van der Waals surface area contributed by atoms with Crippen LogP contribution in [0.15, 0.2) is 18.2 Å². The van der Waals surface area contributed by atoms with Crippen LogP contribution in [0.2, 0.25) is 0 Å². The van der Waals surface area contributed by atoms with Crippen molar-refractivity contribution in [2.75, 3.05) is 23.7 Å². The molecule has 1 nitrogen and oxygen atoms in total. The van der Waals surface area contributed by atoms with Crippen molar-refractivity contribution >= 4 is 18.3 Å². The van der Waals surface area contributed by atoms with Gasteiger partial charge in [-0.05, 0) is 48.6 Å². The van der Waals surface area contributed by atoms with Gasteiger partial charge in [0.1, 0.15) is 5.82 Å². The molecule has 2 rings (SSSR count). The summed E-state index contributed by atoms with van der Waals surface area (Å²) >= 11 is 4.26. The van der Waals surface area contributed by atoms with Crippen molar-refractivity contribution in [1.82, 2.24) is 0 Å². The lowest BCUT2D eigenvalue weighted by molar-refractivity contribution is 0.518. The highest BCUT2D eigenvalue weighted by atomic mass is 32.1. The lowest BCUT2D eigenvalue weighted by atomic mass is 10.1. The monoisotopic (exact) mass is 253 g/mol. The zero-order valence-corrected chi connectivity index (χ0v) is 11.2. The molecule has 0 N–H and O–H groups in total. The van der Waals surface area contributed by atoms with Crippen molar-refractivity contribution in [1.29, 1.82) is 0 Å². The fourth-order valence-corrected chi connectivity index (χ4v) is 2.83. The van der Waals surface area contributed by atoms with E-state index in [4.69, 9.17) is 0 Å². The molecule has 94 valence electrons. The van der Waals surface area contributed by atoms with Crippen molar-refractivity contribution in [3.8, 4) is 0 Å². The Morgan fingerprint density at radius 2 is 2.24 bits per heavy atom. The molecule has 0 radical (unpaired) electrons. The van der Waals surface area contributed by atoms with Gasteiger partial charge in [-0.15, -0.1) is 0 Å². The van der Waals surface area contributed by atoms with Crippen LogP contribution < -0.4 is 4.90 Å². The summed E-state index contributed by atoms with van der Waals surface area (Å²) in [7, 11) is 0. The van der Waals surface area contributed by atoms with Gasteiger partial charge < -0.3 is 4.90 Å². The third-order valence-electron chi connectivity index (χ3n) is 3.55. The third-order valence-corrected chi connectivity index (χ3v) is 3.81. The van der Waals surface area contributed by atoms with E-state index in [1.165, 1.54) is 5.56 Å². The minimum Gasteiger partial charge on any atom is -0.371 e. The van der Waals surface area contributed by atoms with Gasteiger partial charge in [-0.3, -0.25) is 0 Å². The maximum Gasteiger partial charge on any atom is 0.125 e. The summed E-state index contributed by atoms with van der Waals surface area (Å²) in [5, 5.41) is 0. The maximum atomic E-state index is 13.2. The predicted molar refractivity (Wildman–Crippen MR) is 74.6 cm³/mol. The van der Waals surface area contributed by atoms with E-state index in [0.29, 0.717) is 5.92 Å². The van der Waals surface area contributed by atoms with Crippen LogP contribution in [0.1, 0.15) is 25.3 Å². The highest BCUT2D eigenvalue weighted by Gasteiger charge is 2.19. The van der Waals surface area contributed by atoms with Crippen LogP contribution >= 0.6 is 12.6 Å². The first-order chi connectivity index (χ1) is 8.20. The highest BCUT2D eigenvalue weighted by Crippen LogP contribution is 2.29. The fourth-order valence-electron chi connectivity index (χ4n) is 2.39. The number of anilines is 1. The van der Waals surface area contributed by atoms with E-state index >= 15 is 0 Å². The lowest BCUT2D eigenvalue weighted by Crippen LogP contribution is -2.23. The molecule has 0 aromatic heterocycles. The topological polar surface area (TPSA) is 3.24 Å². The molecule has 1 aromatic rings. The second kappa shape index (κ2) is 5.76. The molecule has 0 spiro atoms. The number of halogens is 1. The van der Waals surface area contributed by atoms with E-state index in [9.17, 15) is 4.39 Å². The Bertz CT molecular complexity index is 380. The zero-order valence-electron chi connectivity index (χ0n) is 10.3. The largest absolute Gasteiger partial charge is 0.371 e. The summed E-state index contributed by atoms with van der Waals surface area (Å²) in [6.07, 6.45) is 3.38. The molecule has 1 atom stereocenters. The summed E-state index contributed by atoms with van der Waals surface area (Å²) in [6.45, 7) is 4.33. The minimum atomic E-state index is -0.126. The third kappa shape index (κ3) is 3.15. The van der Waals surface area contributed by atoms with E-state index in [2.05, 4.69) is 24.5 Å². The summed E-state index contributed by atoms with van der Waals surface area (Å²) in [6, 6.07) is 5.15. The highest BCUT2D eigenvalue weighted by molar-refractivity contribution is 7.80. The number of fused-ring (bicyclic) bond motifs is 1. The lowest BCUT2D eigenvalue weighted by Gasteiger charge is -2.21. The van der Waals surface area contributed by atoms with Crippen LogP contribution in [0.5, 0.6) is 0 Å². The number of hydrogen-bond donors (Lipinski definition) is 1. The van der Waals surface area contributed by atoms with Crippen molar-refractivity contribution < 1.29 is 4.39 Å². The van der Waals surface area contributed by atoms with Crippen LogP contribution in [0.3, 0.4) is 0 Å². The summed E-state index contributed by atoms with van der Waals surface area (Å²) < 4.78 is 13.2. The van der Waals surface area contributed by atoms with Gasteiger partial charge in [0.15, 0.2) is 0 Å². The standard InChI is InChI=1S/C14H20FNS/c1-11(6-9-17)4-7-16-8-5-12-2-3-13(15)10-14(12)16/h2-3,10-11,17H,4-9H2,1H3. The molecule has 0 amide bonds.